The van der Waals surface area contributed by atoms with Crippen molar-refractivity contribution >= 4 is 16.7 Å². The first-order valence-electron chi connectivity index (χ1n) is 8.80. The van der Waals surface area contributed by atoms with Gasteiger partial charge in [0.05, 0.1) is 30.3 Å². The lowest BCUT2D eigenvalue weighted by Gasteiger charge is -2.18. The van der Waals surface area contributed by atoms with E-state index < -0.39 is 0 Å². The van der Waals surface area contributed by atoms with Crippen LogP contribution in [0.25, 0.3) is 10.8 Å². The molecule has 1 amide bonds. The van der Waals surface area contributed by atoms with E-state index in [0.29, 0.717) is 30.4 Å². The second-order valence-electron chi connectivity index (χ2n) is 6.84. The maximum Gasteiger partial charge on any atom is 0.274 e. The molecule has 8 heteroatoms. The third-order valence-electron chi connectivity index (χ3n) is 4.83. The van der Waals surface area contributed by atoms with Crippen molar-refractivity contribution in [1.29, 1.82) is 0 Å². The number of carbonyl (C=O) groups is 1. The highest BCUT2D eigenvalue weighted by Crippen LogP contribution is 2.21. The molecular weight excluding hydrogens is 348 g/mol. The predicted molar refractivity (Wildman–Crippen MR) is 97.5 cm³/mol. The van der Waals surface area contributed by atoms with E-state index in [2.05, 4.69) is 15.6 Å². The highest BCUT2D eigenvalue weighted by molar-refractivity contribution is 6.04. The van der Waals surface area contributed by atoms with E-state index in [-0.39, 0.29) is 29.1 Å². The van der Waals surface area contributed by atoms with Crippen LogP contribution in [0.3, 0.4) is 0 Å². The summed E-state index contributed by atoms with van der Waals surface area (Å²) in [5, 5.41) is 12.1. The lowest BCUT2D eigenvalue weighted by Crippen LogP contribution is -2.41. The Bertz CT molecular complexity index is 1060. The van der Waals surface area contributed by atoms with Gasteiger partial charge in [0.25, 0.3) is 11.5 Å². The molecule has 0 aliphatic carbocycles. The van der Waals surface area contributed by atoms with Gasteiger partial charge in [-0.1, -0.05) is 23.4 Å². The van der Waals surface area contributed by atoms with E-state index in [9.17, 15) is 9.59 Å². The Morgan fingerprint density at radius 1 is 1.30 bits per heavy atom. The summed E-state index contributed by atoms with van der Waals surface area (Å²) in [4.78, 5) is 25.1. The molecule has 4 rings (SSSR count). The van der Waals surface area contributed by atoms with Gasteiger partial charge in [0.15, 0.2) is 5.69 Å². The summed E-state index contributed by atoms with van der Waals surface area (Å²) in [5.74, 6) is 0.532. The van der Waals surface area contributed by atoms with Gasteiger partial charge in [-0.15, -0.1) is 0 Å². The molecule has 1 aromatic carbocycles. The summed E-state index contributed by atoms with van der Waals surface area (Å²) < 4.78 is 12.0. The molecule has 1 saturated heterocycles. The second kappa shape index (κ2) is 6.96. The standard InChI is InChI=1S/C19H20N4O4/c1-11-7-13(27-22-11)8-12-9-26-10-16(12)20-18(24)17-14-5-3-4-6-15(14)19(25)23(2)21-17/h3-7,12,16H,8-10H2,1-2H3,(H,20,24). The highest BCUT2D eigenvalue weighted by atomic mass is 16.5. The van der Waals surface area contributed by atoms with E-state index in [1.54, 1.807) is 31.3 Å². The molecule has 1 aliphatic heterocycles. The zero-order valence-electron chi connectivity index (χ0n) is 15.1. The topological polar surface area (TPSA) is 99.2 Å². The summed E-state index contributed by atoms with van der Waals surface area (Å²) in [6.45, 7) is 2.83. The molecule has 3 heterocycles. The Morgan fingerprint density at radius 3 is 2.81 bits per heavy atom. The monoisotopic (exact) mass is 368 g/mol. The smallest absolute Gasteiger partial charge is 0.274 e. The average molecular weight is 368 g/mol. The van der Waals surface area contributed by atoms with Crippen molar-refractivity contribution in [2.24, 2.45) is 13.0 Å². The van der Waals surface area contributed by atoms with Crippen LogP contribution in [0, 0.1) is 12.8 Å². The van der Waals surface area contributed by atoms with Crippen molar-refractivity contribution in [3.05, 3.63) is 57.8 Å². The number of fused-ring (bicyclic) bond motifs is 1. The fraction of sp³-hybridized carbons (Fsp3) is 0.368. The van der Waals surface area contributed by atoms with Crippen LogP contribution in [0.2, 0.25) is 0 Å². The molecule has 0 bridgehead atoms. The van der Waals surface area contributed by atoms with Gasteiger partial charge in [-0.3, -0.25) is 9.59 Å². The van der Waals surface area contributed by atoms with Crippen LogP contribution in [0.15, 0.2) is 39.6 Å². The van der Waals surface area contributed by atoms with E-state index in [1.165, 1.54) is 4.68 Å². The van der Waals surface area contributed by atoms with Crippen molar-refractivity contribution in [3.63, 3.8) is 0 Å². The number of aryl methyl sites for hydroxylation is 2. The molecule has 1 aliphatic rings. The van der Waals surface area contributed by atoms with Crippen LogP contribution in [-0.4, -0.2) is 40.1 Å². The maximum atomic E-state index is 12.9. The molecule has 140 valence electrons. The molecule has 0 radical (unpaired) electrons. The number of rotatable bonds is 4. The zero-order chi connectivity index (χ0) is 19.0. The largest absolute Gasteiger partial charge is 0.379 e. The molecule has 27 heavy (non-hydrogen) atoms. The number of hydrogen-bond acceptors (Lipinski definition) is 6. The van der Waals surface area contributed by atoms with Crippen molar-refractivity contribution in [2.75, 3.05) is 13.2 Å². The number of nitrogens with one attached hydrogen (secondary N) is 1. The van der Waals surface area contributed by atoms with Gasteiger partial charge in [0.1, 0.15) is 5.76 Å². The third kappa shape index (κ3) is 3.35. The summed E-state index contributed by atoms with van der Waals surface area (Å²) in [6.07, 6.45) is 0.632. The fourth-order valence-corrected chi connectivity index (χ4v) is 3.43. The van der Waals surface area contributed by atoms with Crippen molar-refractivity contribution in [1.82, 2.24) is 20.3 Å². The number of carbonyl (C=O) groups excluding carboxylic acids is 1. The number of hydrogen-bond donors (Lipinski definition) is 1. The molecule has 1 N–H and O–H groups in total. The van der Waals surface area contributed by atoms with Crippen LogP contribution in [0.4, 0.5) is 0 Å². The minimum atomic E-state index is -0.323. The first-order valence-corrected chi connectivity index (χ1v) is 8.80. The molecule has 2 unspecified atom stereocenters. The molecule has 0 spiro atoms. The number of ether oxygens (including phenoxy) is 1. The Labute approximate surface area is 155 Å². The normalized spacial score (nSPS) is 19.5. The lowest BCUT2D eigenvalue weighted by molar-refractivity contribution is 0.0919. The number of benzene rings is 1. The summed E-state index contributed by atoms with van der Waals surface area (Å²) in [5.41, 5.74) is 0.823. The first-order chi connectivity index (χ1) is 13.0. The maximum absolute atomic E-state index is 12.9. The summed E-state index contributed by atoms with van der Waals surface area (Å²) in [7, 11) is 1.54. The van der Waals surface area contributed by atoms with Crippen molar-refractivity contribution < 1.29 is 14.1 Å². The predicted octanol–water partition coefficient (Wildman–Crippen LogP) is 1.22. The molecule has 2 aromatic heterocycles. The van der Waals surface area contributed by atoms with Gasteiger partial charge in [0.2, 0.25) is 0 Å². The lowest BCUT2D eigenvalue weighted by atomic mass is 9.98. The van der Waals surface area contributed by atoms with Gasteiger partial charge < -0.3 is 14.6 Å². The van der Waals surface area contributed by atoms with Gasteiger partial charge in [-0.05, 0) is 13.0 Å². The van der Waals surface area contributed by atoms with E-state index >= 15 is 0 Å². The van der Waals surface area contributed by atoms with Crippen molar-refractivity contribution in [2.45, 2.75) is 19.4 Å². The molecule has 2 atom stereocenters. The minimum absolute atomic E-state index is 0.0834. The van der Waals surface area contributed by atoms with Crippen molar-refractivity contribution in [3.8, 4) is 0 Å². The van der Waals surface area contributed by atoms with Crippen LogP contribution < -0.4 is 10.9 Å². The molecule has 3 aromatic rings. The number of nitrogens with zero attached hydrogens (tertiary/aromatic N) is 3. The number of aromatic nitrogens is 3. The minimum Gasteiger partial charge on any atom is -0.379 e. The van der Waals surface area contributed by atoms with E-state index in [0.717, 1.165) is 11.5 Å². The Hall–Kier alpha value is -3.00. The highest BCUT2D eigenvalue weighted by Gasteiger charge is 2.31. The number of amides is 1. The molecular formula is C19H20N4O4. The van der Waals surface area contributed by atoms with Gasteiger partial charge in [-0.25, -0.2) is 4.68 Å². The second-order valence-corrected chi connectivity index (χ2v) is 6.84. The van der Waals surface area contributed by atoms with Crippen LogP contribution in [0.1, 0.15) is 21.9 Å². The SMILES string of the molecule is Cc1cc(CC2COCC2NC(=O)c2nn(C)c(=O)c3ccccc23)on1. The van der Waals surface area contributed by atoms with E-state index in [4.69, 9.17) is 9.26 Å². The molecule has 0 saturated carbocycles. The Kier molecular flexibility index (Phi) is 4.49. The van der Waals surface area contributed by atoms with Crippen LogP contribution in [-0.2, 0) is 18.2 Å². The zero-order valence-corrected chi connectivity index (χ0v) is 15.1. The van der Waals surface area contributed by atoms with E-state index in [1.807, 2.05) is 13.0 Å². The average Bonchev–Trinajstić information content (AvgIpc) is 3.27. The molecule has 1 fully saturated rings. The summed E-state index contributed by atoms with van der Waals surface area (Å²) >= 11 is 0. The summed E-state index contributed by atoms with van der Waals surface area (Å²) in [6, 6.07) is 8.71. The Morgan fingerprint density at radius 2 is 2.07 bits per heavy atom. The van der Waals surface area contributed by atoms with Crippen LogP contribution in [0.5, 0.6) is 0 Å². The Balaban J connectivity index is 1.58. The quantitative estimate of drug-likeness (QED) is 0.743. The van der Waals surface area contributed by atoms with Crippen LogP contribution >= 0.6 is 0 Å². The first kappa shape index (κ1) is 17.4. The van der Waals surface area contributed by atoms with Gasteiger partial charge >= 0.3 is 0 Å². The van der Waals surface area contributed by atoms with Gasteiger partial charge in [0, 0.05) is 30.8 Å². The molecule has 8 nitrogen and oxygen atoms in total. The van der Waals surface area contributed by atoms with Gasteiger partial charge in [-0.2, -0.15) is 5.10 Å². The fourth-order valence-electron chi connectivity index (χ4n) is 3.43. The third-order valence-corrected chi connectivity index (χ3v) is 4.83.